The number of hydrogen-bond donors (Lipinski definition) is 1. The van der Waals surface area contributed by atoms with Crippen molar-refractivity contribution in [2.75, 3.05) is 12.3 Å². The first-order valence-corrected chi connectivity index (χ1v) is 5.33. The summed E-state index contributed by atoms with van der Waals surface area (Å²) in [6.07, 6.45) is 0. The Balaban J connectivity index is 2.42. The van der Waals surface area contributed by atoms with Crippen LogP contribution in [0.2, 0.25) is 0 Å². The quantitative estimate of drug-likeness (QED) is 0.592. The number of hydrogen-bond acceptors (Lipinski definition) is 4. The van der Waals surface area contributed by atoms with Crippen molar-refractivity contribution in [1.82, 2.24) is 5.32 Å². The van der Waals surface area contributed by atoms with E-state index in [0.29, 0.717) is 12.1 Å². The molecule has 0 amide bonds. The van der Waals surface area contributed by atoms with Crippen molar-refractivity contribution in [2.45, 2.75) is 4.99 Å². The van der Waals surface area contributed by atoms with E-state index in [2.05, 4.69) is 5.32 Å². The Morgan fingerprint density at radius 3 is 2.64 bits per heavy atom. The molecule has 1 aromatic carbocycles. The zero-order valence-corrected chi connectivity index (χ0v) is 8.29. The number of benzene rings is 1. The van der Waals surface area contributed by atoms with Gasteiger partial charge in [-0.2, -0.15) is 0 Å². The summed E-state index contributed by atoms with van der Waals surface area (Å²) >= 11 is 1.34. The third kappa shape index (κ3) is 1.38. The maximum Gasteiger partial charge on any atom is 0.348 e. The van der Waals surface area contributed by atoms with Crippen molar-refractivity contribution in [3.63, 3.8) is 0 Å². The Labute approximate surface area is 85.8 Å². The summed E-state index contributed by atoms with van der Waals surface area (Å²) in [6.45, 7) is 0.681. The normalized spacial score (nSPS) is 26.3. The number of nitro groups is 1. The fourth-order valence-corrected chi connectivity index (χ4v) is 2.65. The molecular formula is C9H10N2O2S. The summed E-state index contributed by atoms with van der Waals surface area (Å²) in [5.41, 5.74) is 0.715. The molecule has 0 aromatic heterocycles. The highest BCUT2D eigenvalue weighted by Crippen LogP contribution is 2.37. The van der Waals surface area contributed by atoms with Gasteiger partial charge in [-0.1, -0.05) is 30.0 Å². The summed E-state index contributed by atoms with van der Waals surface area (Å²) in [7, 11) is 0. The minimum absolute atomic E-state index is 0.250. The highest BCUT2D eigenvalue weighted by atomic mass is 32.2. The Kier molecular flexibility index (Phi) is 2.43. The molecule has 1 aliphatic rings. The van der Waals surface area contributed by atoms with E-state index in [1.54, 1.807) is 12.1 Å². The largest absolute Gasteiger partial charge is 0.348 e. The van der Waals surface area contributed by atoms with Gasteiger partial charge < -0.3 is 0 Å². The molecule has 1 aliphatic heterocycles. The van der Waals surface area contributed by atoms with E-state index < -0.39 is 4.99 Å². The van der Waals surface area contributed by atoms with E-state index in [1.165, 1.54) is 11.8 Å². The van der Waals surface area contributed by atoms with E-state index in [9.17, 15) is 10.1 Å². The second kappa shape index (κ2) is 3.59. The van der Waals surface area contributed by atoms with Gasteiger partial charge in [-0.25, -0.2) is 5.32 Å². The molecule has 4 nitrogen and oxygen atoms in total. The van der Waals surface area contributed by atoms with Crippen LogP contribution in [0, 0.1) is 10.1 Å². The van der Waals surface area contributed by atoms with Crippen LogP contribution in [0.5, 0.6) is 0 Å². The van der Waals surface area contributed by atoms with Crippen molar-refractivity contribution in [3.05, 3.63) is 46.0 Å². The zero-order chi connectivity index (χ0) is 10.0. The molecule has 0 aliphatic carbocycles. The van der Waals surface area contributed by atoms with Crippen LogP contribution in [0.1, 0.15) is 5.56 Å². The number of thioether (sulfide) groups is 1. The Hall–Kier alpha value is -1.07. The second-order valence-corrected chi connectivity index (χ2v) is 4.33. The van der Waals surface area contributed by atoms with Gasteiger partial charge in [0.15, 0.2) is 0 Å². The van der Waals surface area contributed by atoms with Gasteiger partial charge in [-0.05, 0) is 12.1 Å². The van der Waals surface area contributed by atoms with Crippen LogP contribution in [0.15, 0.2) is 30.3 Å². The van der Waals surface area contributed by atoms with Crippen LogP contribution in [-0.4, -0.2) is 17.2 Å². The number of rotatable bonds is 2. The SMILES string of the molecule is O=[N+]([O-])C1(c2ccccc2)NCCS1. The van der Waals surface area contributed by atoms with E-state index in [1.807, 2.05) is 18.2 Å². The fraction of sp³-hybridized carbons (Fsp3) is 0.333. The average Bonchev–Trinajstić information content (AvgIpc) is 2.69. The smallest absolute Gasteiger partial charge is 0.261 e. The maximum absolute atomic E-state index is 11.0. The summed E-state index contributed by atoms with van der Waals surface area (Å²) in [5, 5.41) is 14.0. The van der Waals surface area contributed by atoms with Crippen LogP contribution in [0.3, 0.4) is 0 Å². The summed E-state index contributed by atoms with van der Waals surface area (Å²) < 4.78 is 0. The number of nitrogens with one attached hydrogen (secondary N) is 1. The minimum Gasteiger partial charge on any atom is -0.261 e. The van der Waals surface area contributed by atoms with Gasteiger partial charge in [-0.3, -0.25) is 10.1 Å². The third-order valence-electron chi connectivity index (χ3n) is 2.20. The van der Waals surface area contributed by atoms with E-state index in [4.69, 9.17) is 0 Å². The second-order valence-electron chi connectivity index (χ2n) is 3.04. The molecule has 14 heavy (non-hydrogen) atoms. The Morgan fingerprint density at radius 1 is 1.43 bits per heavy atom. The molecule has 0 radical (unpaired) electrons. The minimum atomic E-state index is -1.12. The predicted octanol–water partition coefficient (Wildman–Crippen LogP) is 1.41. The first-order valence-electron chi connectivity index (χ1n) is 4.35. The van der Waals surface area contributed by atoms with E-state index in [0.717, 1.165) is 5.75 Å². The molecular weight excluding hydrogens is 200 g/mol. The molecule has 1 saturated heterocycles. The zero-order valence-electron chi connectivity index (χ0n) is 7.47. The lowest BCUT2D eigenvalue weighted by Gasteiger charge is -2.18. The summed E-state index contributed by atoms with van der Waals surface area (Å²) in [5.74, 6) is 0.774. The molecule has 0 saturated carbocycles. The molecule has 0 spiro atoms. The molecule has 1 heterocycles. The summed E-state index contributed by atoms with van der Waals surface area (Å²) in [6, 6.07) is 9.07. The van der Waals surface area contributed by atoms with Gasteiger partial charge in [0.2, 0.25) is 0 Å². The van der Waals surface area contributed by atoms with Crippen LogP contribution < -0.4 is 5.32 Å². The third-order valence-corrected chi connectivity index (χ3v) is 3.55. The lowest BCUT2D eigenvalue weighted by Crippen LogP contribution is -2.41. The molecule has 1 fully saturated rings. The standard InChI is InChI=1S/C9H10N2O2S/c12-11(13)9(10-6-7-14-9)8-4-2-1-3-5-8/h1-5,10H,6-7H2. The molecule has 1 N–H and O–H groups in total. The summed E-state index contributed by atoms with van der Waals surface area (Å²) in [4.78, 5) is 9.67. The Morgan fingerprint density at radius 2 is 2.14 bits per heavy atom. The molecule has 2 rings (SSSR count). The lowest BCUT2D eigenvalue weighted by atomic mass is 10.2. The highest BCUT2D eigenvalue weighted by molar-refractivity contribution is 8.00. The van der Waals surface area contributed by atoms with Gasteiger partial charge >= 0.3 is 4.99 Å². The molecule has 1 aromatic rings. The Bertz CT molecular complexity index is 336. The van der Waals surface area contributed by atoms with Crippen molar-refractivity contribution >= 4 is 11.8 Å². The fourth-order valence-electron chi connectivity index (χ4n) is 1.54. The van der Waals surface area contributed by atoms with Gasteiger partial charge in [-0.15, -0.1) is 0 Å². The molecule has 0 bridgehead atoms. The maximum atomic E-state index is 11.0. The molecule has 5 heteroatoms. The van der Waals surface area contributed by atoms with Gasteiger partial charge in [0.25, 0.3) is 0 Å². The van der Waals surface area contributed by atoms with Crippen molar-refractivity contribution in [1.29, 1.82) is 0 Å². The van der Waals surface area contributed by atoms with Crippen LogP contribution in [0.25, 0.3) is 0 Å². The van der Waals surface area contributed by atoms with Crippen LogP contribution >= 0.6 is 11.8 Å². The van der Waals surface area contributed by atoms with Gasteiger partial charge in [0.05, 0.1) is 10.5 Å². The monoisotopic (exact) mass is 210 g/mol. The van der Waals surface area contributed by atoms with Crippen molar-refractivity contribution in [3.8, 4) is 0 Å². The lowest BCUT2D eigenvalue weighted by molar-refractivity contribution is -0.552. The molecule has 74 valence electrons. The molecule has 1 unspecified atom stereocenters. The van der Waals surface area contributed by atoms with Crippen LogP contribution in [-0.2, 0) is 4.99 Å². The highest BCUT2D eigenvalue weighted by Gasteiger charge is 2.48. The topological polar surface area (TPSA) is 55.2 Å². The average molecular weight is 210 g/mol. The predicted molar refractivity (Wildman–Crippen MR) is 55.6 cm³/mol. The van der Waals surface area contributed by atoms with E-state index in [-0.39, 0.29) is 4.92 Å². The van der Waals surface area contributed by atoms with Crippen LogP contribution in [0.4, 0.5) is 0 Å². The molecule has 1 atom stereocenters. The first-order chi connectivity index (χ1) is 6.76. The van der Waals surface area contributed by atoms with Gasteiger partial charge in [0, 0.05) is 12.3 Å². The van der Waals surface area contributed by atoms with Crippen molar-refractivity contribution < 1.29 is 4.92 Å². The van der Waals surface area contributed by atoms with E-state index >= 15 is 0 Å². The first kappa shape index (κ1) is 9.48. The van der Waals surface area contributed by atoms with Gasteiger partial charge in [0.1, 0.15) is 0 Å². The number of nitrogens with zero attached hydrogens (tertiary/aromatic N) is 1. The van der Waals surface area contributed by atoms with Crippen molar-refractivity contribution in [2.24, 2.45) is 0 Å².